The van der Waals surface area contributed by atoms with Crippen molar-refractivity contribution in [3.8, 4) is 5.75 Å². The second-order valence-corrected chi connectivity index (χ2v) is 6.69. The Labute approximate surface area is 145 Å². The third kappa shape index (κ3) is 6.77. The van der Waals surface area contributed by atoms with Crippen LogP contribution < -0.4 is 9.64 Å². The SMILES string of the molecule is CCc1ccc(OCCOC[C@@H](O)C[NH+]2C[C@@H](C)O[C@@H](C)C2)cc1. The second kappa shape index (κ2) is 9.99. The zero-order chi connectivity index (χ0) is 17.4. The summed E-state index contributed by atoms with van der Waals surface area (Å²) in [6, 6.07) is 8.12. The summed E-state index contributed by atoms with van der Waals surface area (Å²) < 4.78 is 16.9. The van der Waals surface area contributed by atoms with Crippen LogP contribution in [0.4, 0.5) is 0 Å². The predicted octanol–water partition coefficient (Wildman–Crippen LogP) is 0.697. The van der Waals surface area contributed by atoms with E-state index in [2.05, 4.69) is 32.9 Å². The summed E-state index contributed by atoms with van der Waals surface area (Å²) in [5.41, 5.74) is 1.30. The van der Waals surface area contributed by atoms with E-state index in [-0.39, 0.29) is 12.2 Å². The number of quaternary nitrogens is 1. The van der Waals surface area contributed by atoms with E-state index in [0.717, 1.165) is 25.3 Å². The number of morpholine rings is 1. The van der Waals surface area contributed by atoms with Gasteiger partial charge < -0.3 is 24.2 Å². The number of aliphatic hydroxyl groups is 1. The number of aliphatic hydroxyl groups excluding tert-OH is 1. The van der Waals surface area contributed by atoms with Crippen LogP contribution in [0.15, 0.2) is 24.3 Å². The van der Waals surface area contributed by atoms with E-state index in [1.165, 1.54) is 10.5 Å². The highest BCUT2D eigenvalue weighted by molar-refractivity contribution is 5.27. The Balaban J connectivity index is 1.56. The van der Waals surface area contributed by atoms with Gasteiger partial charge in [-0.2, -0.15) is 0 Å². The summed E-state index contributed by atoms with van der Waals surface area (Å²) in [6.07, 6.45) is 1.10. The Morgan fingerprint density at radius 3 is 2.46 bits per heavy atom. The lowest BCUT2D eigenvalue weighted by atomic mass is 10.2. The molecule has 0 saturated carbocycles. The zero-order valence-electron chi connectivity index (χ0n) is 15.2. The molecule has 1 aliphatic heterocycles. The van der Waals surface area contributed by atoms with E-state index < -0.39 is 6.10 Å². The van der Waals surface area contributed by atoms with Gasteiger partial charge >= 0.3 is 0 Å². The van der Waals surface area contributed by atoms with Crippen LogP contribution in [-0.4, -0.2) is 62.9 Å². The van der Waals surface area contributed by atoms with Crippen LogP contribution in [0.3, 0.4) is 0 Å². The molecular weight excluding hydrogens is 306 g/mol. The highest BCUT2D eigenvalue weighted by Crippen LogP contribution is 2.12. The minimum absolute atomic E-state index is 0.254. The Morgan fingerprint density at radius 2 is 1.83 bits per heavy atom. The van der Waals surface area contributed by atoms with Gasteiger partial charge in [0.15, 0.2) is 0 Å². The van der Waals surface area contributed by atoms with Gasteiger partial charge in [-0.05, 0) is 38.0 Å². The summed E-state index contributed by atoms with van der Waals surface area (Å²) in [5, 5.41) is 10.1. The van der Waals surface area contributed by atoms with Crippen molar-refractivity contribution in [1.29, 1.82) is 0 Å². The monoisotopic (exact) mass is 338 g/mol. The number of nitrogens with one attached hydrogen (secondary N) is 1. The first-order valence-electron chi connectivity index (χ1n) is 9.03. The lowest BCUT2D eigenvalue weighted by Gasteiger charge is -2.33. The largest absolute Gasteiger partial charge is 0.491 e. The van der Waals surface area contributed by atoms with Crippen LogP contribution in [0.25, 0.3) is 0 Å². The van der Waals surface area contributed by atoms with Gasteiger partial charge in [-0.1, -0.05) is 19.1 Å². The topological polar surface area (TPSA) is 52.4 Å². The molecule has 136 valence electrons. The van der Waals surface area contributed by atoms with Crippen molar-refractivity contribution in [1.82, 2.24) is 0 Å². The normalized spacial score (nSPS) is 25.4. The van der Waals surface area contributed by atoms with Crippen molar-refractivity contribution in [3.63, 3.8) is 0 Å². The maximum absolute atomic E-state index is 10.1. The highest BCUT2D eigenvalue weighted by atomic mass is 16.5. The van der Waals surface area contributed by atoms with E-state index in [4.69, 9.17) is 14.2 Å². The third-order valence-corrected chi connectivity index (χ3v) is 4.28. The lowest BCUT2D eigenvalue weighted by molar-refractivity contribution is -0.918. The number of hydrogen-bond acceptors (Lipinski definition) is 4. The van der Waals surface area contributed by atoms with Gasteiger partial charge in [0.25, 0.3) is 0 Å². The predicted molar refractivity (Wildman–Crippen MR) is 93.7 cm³/mol. The molecule has 0 spiro atoms. The minimum atomic E-state index is -0.443. The van der Waals surface area contributed by atoms with Gasteiger partial charge in [0, 0.05) is 0 Å². The Kier molecular flexibility index (Phi) is 7.99. The number of aryl methyl sites for hydroxylation is 1. The van der Waals surface area contributed by atoms with Gasteiger partial charge in [0.05, 0.1) is 13.2 Å². The first-order chi connectivity index (χ1) is 11.6. The first kappa shape index (κ1) is 19.2. The summed E-state index contributed by atoms with van der Waals surface area (Å²) in [5.74, 6) is 0.858. The summed E-state index contributed by atoms with van der Waals surface area (Å²) in [6.45, 7) is 10.2. The van der Waals surface area contributed by atoms with Crippen molar-refractivity contribution < 1.29 is 24.2 Å². The molecule has 0 radical (unpaired) electrons. The fraction of sp³-hybridized carbons (Fsp3) is 0.684. The molecule has 5 heteroatoms. The van der Waals surface area contributed by atoms with Gasteiger partial charge in [-0.15, -0.1) is 0 Å². The van der Waals surface area contributed by atoms with Crippen molar-refractivity contribution in [3.05, 3.63) is 29.8 Å². The summed E-state index contributed by atoms with van der Waals surface area (Å²) in [4.78, 5) is 1.38. The molecule has 1 aliphatic rings. The fourth-order valence-electron chi connectivity index (χ4n) is 3.21. The van der Waals surface area contributed by atoms with Crippen LogP contribution in [-0.2, 0) is 15.9 Å². The van der Waals surface area contributed by atoms with Gasteiger partial charge in [-0.25, -0.2) is 0 Å². The van der Waals surface area contributed by atoms with Crippen LogP contribution in [0.1, 0.15) is 26.3 Å². The molecule has 2 rings (SSSR count). The molecule has 24 heavy (non-hydrogen) atoms. The van der Waals surface area contributed by atoms with E-state index in [0.29, 0.717) is 26.4 Å². The van der Waals surface area contributed by atoms with Gasteiger partial charge in [0.2, 0.25) is 0 Å². The second-order valence-electron chi connectivity index (χ2n) is 6.69. The lowest BCUT2D eigenvalue weighted by Crippen LogP contribution is -3.16. The maximum atomic E-state index is 10.1. The Morgan fingerprint density at radius 1 is 1.17 bits per heavy atom. The van der Waals surface area contributed by atoms with Gasteiger partial charge in [0.1, 0.15) is 50.3 Å². The van der Waals surface area contributed by atoms with Crippen molar-refractivity contribution in [2.75, 3.05) is 39.5 Å². The average Bonchev–Trinajstić information content (AvgIpc) is 2.54. The fourth-order valence-corrected chi connectivity index (χ4v) is 3.21. The third-order valence-electron chi connectivity index (χ3n) is 4.28. The van der Waals surface area contributed by atoms with Crippen molar-refractivity contribution in [2.45, 2.75) is 45.5 Å². The van der Waals surface area contributed by atoms with Crippen molar-refractivity contribution >= 4 is 0 Å². The zero-order valence-corrected chi connectivity index (χ0v) is 15.2. The molecule has 1 saturated heterocycles. The first-order valence-corrected chi connectivity index (χ1v) is 9.03. The molecule has 0 amide bonds. The molecule has 1 aromatic carbocycles. The minimum Gasteiger partial charge on any atom is -0.491 e. The van der Waals surface area contributed by atoms with Crippen molar-refractivity contribution in [2.24, 2.45) is 0 Å². The van der Waals surface area contributed by atoms with E-state index in [1.807, 2.05) is 12.1 Å². The number of hydrogen-bond donors (Lipinski definition) is 2. The Bertz CT molecular complexity index is 455. The molecule has 5 nitrogen and oxygen atoms in total. The van der Waals surface area contributed by atoms with Crippen LogP contribution in [0.2, 0.25) is 0 Å². The number of benzene rings is 1. The smallest absolute Gasteiger partial charge is 0.126 e. The van der Waals surface area contributed by atoms with Crippen LogP contribution in [0.5, 0.6) is 5.75 Å². The highest BCUT2D eigenvalue weighted by Gasteiger charge is 2.27. The molecule has 1 aromatic rings. The molecule has 0 aromatic heterocycles. The average molecular weight is 338 g/mol. The molecule has 4 atom stereocenters. The van der Waals surface area contributed by atoms with Crippen LogP contribution in [0, 0.1) is 0 Å². The molecule has 1 heterocycles. The quantitative estimate of drug-likeness (QED) is 0.651. The summed E-state index contributed by atoms with van der Waals surface area (Å²) in [7, 11) is 0. The van der Waals surface area contributed by atoms with E-state index in [1.54, 1.807) is 0 Å². The Hall–Kier alpha value is -1.14. The summed E-state index contributed by atoms with van der Waals surface area (Å²) >= 11 is 0. The van der Waals surface area contributed by atoms with E-state index in [9.17, 15) is 5.11 Å². The molecule has 1 unspecified atom stereocenters. The standard InChI is InChI=1S/C19H31NO4/c1-4-17-5-7-19(8-6-17)23-10-9-22-14-18(21)13-20-11-15(2)24-16(3)12-20/h5-8,15-16,18,21H,4,9-14H2,1-3H3/p+1/t15-,16+,18-/m0/s1. The molecular formula is C19H32NO4+. The number of ether oxygens (including phenoxy) is 3. The molecule has 2 N–H and O–H groups in total. The van der Waals surface area contributed by atoms with Crippen LogP contribution >= 0.6 is 0 Å². The van der Waals surface area contributed by atoms with E-state index >= 15 is 0 Å². The van der Waals surface area contributed by atoms with Gasteiger partial charge in [-0.3, -0.25) is 0 Å². The molecule has 0 aliphatic carbocycles. The maximum Gasteiger partial charge on any atom is 0.126 e. The molecule has 0 bridgehead atoms. The number of rotatable bonds is 9. The molecule has 1 fully saturated rings.